The normalized spacial score (nSPS) is 10.3. The third-order valence-electron chi connectivity index (χ3n) is 2.06. The van der Waals surface area contributed by atoms with E-state index in [-0.39, 0.29) is 5.69 Å². The number of hydrogen-bond donors (Lipinski definition) is 0. The van der Waals surface area contributed by atoms with Crippen LogP contribution in [0.25, 0.3) is 0 Å². The van der Waals surface area contributed by atoms with Crippen molar-refractivity contribution < 1.29 is 14.3 Å². The number of esters is 1. The van der Waals surface area contributed by atoms with Crippen molar-refractivity contribution in [2.75, 3.05) is 20.8 Å². The van der Waals surface area contributed by atoms with E-state index in [4.69, 9.17) is 4.74 Å². The lowest BCUT2D eigenvalue weighted by Crippen LogP contribution is -2.11. The van der Waals surface area contributed by atoms with Crippen LogP contribution in [0.1, 0.15) is 23.1 Å². The summed E-state index contributed by atoms with van der Waals surface area (Å²) in [6.45, 7) is 3.13. The third kappa shape index (κ3) is 2.53. The molecule has 0 radical (unpaired) electrons. The molecule has 0 bridgehead atoms. The van der Waals surface area contributed by atoms with E-state index in [0.29, 0.717) is 19.6 Å². The van der Waals surface area contributed by atoms with Crippen molar-refractivity contribution in [3.05, 3.63) is 11.4 Å². The Bertz CT molecular complexity index is 335. The minimum Gasteiger partial charge on any atom is -0.464 e. The van der Waals surface area contributed by atoms with Gasteiger partial charge in [-0.25, -0.2) is 9.48 Å². The Morgan fingerprint density at radius 1 is 1.47 bits per heavy atom. The number of carbonyl (C=O) groups excluding carboxylic acids is 1. The maximum atomic E-state index is 11.3. The molecule has 6 nitrogen and oxygen atoms in total. The van der Waals surface area contributed by atoms with Crippen LogP contribution < -0.4 is 0 Å². The van der Waals surface area contributed by atoms with Gasteiger partial charge in [-0.2, -0.15) is 0 Å². The van der Waals surface area contributed by atoms with Gasteiger partial charge in [-0.15, -0.1) is 5.10 Å². The van der Waals surface area contributed by atoms with Gasteiger partial charge < -0.3 is 9.47 Å². The molecular weight excluding hydrogens is 198 g/mol. The van der Waals surface area contributed by atoms with Crippen molar-refractivity contribution in [3.8, 4) is 0 Å². The number of carbonyl (C=O) groups is 1. The summed E-state index contributed by atoms with van der Waals surface area (Å²) in [7, 11) is 2.94. The van der Waals surface area contributed by atoms with Crippen LogP contribution in [0.4, 0.5) is 0 Å². The van der Waals surface area contributed by atoms with Gasteiger partial charge in [0.15, 0.2) is 5.69 Å². The quantitative estimate of drug-likeness (QED) is 0.657. The first-order valence-corrected chi connectivity index (χ1v) is 4.74. The lowest BCUT2D eigenvalue weighted by Gasteiger charge is -2.04. The summed E-state index contributed by atoms with van der Waals surface area (Å²) in [6.07, 6.45) is 0.599. The highest BCUT2D eigenvalue weighted by atomic mass is 16.5. The van der Waals surface area contributed by atoms with Crippen molar-refractivity contribution in [2.45, 2.75) is 19.9 Å². The molecule has 1 heterocycles. The van der Waals surface area contributed by atoms with Gasteiger partial charge in [0.05, 0.1) is 19.4 Å². The Morgan fingerprint density at radius 3 is 2.73 bits per heavy atom. The Kier molecular flexibility index (Phi) is 4.23. The van der Waals surface area contributed by atoms with Gasteiger partial charge in [0.25, 0.3) is 0 Å². The van der Waals surface area contributed by atoms with Crippen molar-refractivity contribution in [1.82, 2.24) is 15.0 Å². The van der Waals surface area contributed by atoms with E-state index in [9.17, 15) is 4.79 Å². The van der Waals surface area contributed by atoms with Crippen LogP contribution in [0.5, 0.6) is 0 Å². The average Bonchev–Trinajstić information content (AvgIpc) is 2.67. The minimum atomic E-state index is -0.458. The molecule has 0 unspecified atom stereocenters. The lowest BCUT2D eigenvalue weighted by molar-refractivity contribution is 0.0592. The molecule has 84 valence electrons. The van der Waals surface area contributed by atoms with Crippen molar-refractivity contribution in [3.63, 3.8) is 0 Å². The fraction of sp³-hybridized carbons (Fsp3) is 0.667. The summed E-state index contributed by atoms with van der Waals surface area (Å²) in [5.74, 6) is -0.458. The molecule has 0 aromatic carbocycles. The summed E-state index contributed by atoms with van der Waals surface area (Å²) in [5, 5.41) is 7.66. The summed E-state index contributed by atoms with van der Waals surface area (Å²) >= 11 is 0. The van der Waals surface area contributed by atoms with E-state index >= 15 is 0 Å². The van der Waals surface area contributed by atoms with Gasteiger partial charge in [0.1, 0.15) is 0 Å². The van der Waals surface area contributed by atoms with Crippen LogP contribution in [-0.2, 0) is 22.4 Å². The molecule has 0 N–H and O–H groups in total. The average molecular weight is 213 g/mol. The van der Waals surface area contributed by atoms with E-state index in [0.717, 1.165) is 5.69 Å². The Morgan fingerprint density at radius 2 is 2.20 bits per heavy atom. The standard InChI is InChI=1S/C9H15N3O3/c1-4-12-7(5-6-14-2)8(10-11-12)9(13)15-3/h4-6H2,1-3H3. The minimum absolute atomic E-state index is 0.274. The molecule has 15 heavy (non-hydrogen) atoms. The van der Waals surface area contributed by atoms with Crippen LogP contribution in [-0.4, -0.2) is 41.8 Å². The van der Waals surface area contributed by atoms with Crippen LogP contribution in [0.3, 0.4) is 0 Å². The molecule has 0 aliphatic heterocycles. The Hall–Kier alpha value is -1.43. The third-order valence-corrected chi connectivity index (χ3v) is 2.06. The highest BCUT2D eigenvalue weighted by molar-refractivity contribution is 5.88. The van der Waals surface area contributed by atoms with E-state index in [1.165, 1.54) is 7.11 Å². The maximum absolute atomic E-state index is 11.3. The van der Waals surface area contributed by atoms with Crippen LogP contribution >= 0.6 is 0 Å². The SMILES string of the molecule is CCn1nnc(C(=O)OC)c1CCOC. The zero-order chi connectivity index (χ0) is 11.3. The molecule has 0 spiro atoms. The topological polar surface area (TPSA) is 66.2 Å². The number of aryl methyl sites for hydroxylation is 1. The molecule has 1 aromatic rings. The number of rotatable bonds is 5. The van der Waals surface area contributed by atoms with E-state index in [1.54, 1.807) is 11.8 Å². The van der Waals surface area contributed by atoms with E-state index in [1.807, 2.05) is 6.92 Å². The van der Waals surface area contributed by atoms with Crippen LogP contribution in [0, 0.1) is 0 Å². The van der Waals surface area contributed by atoms with Crippen molar-refractivity contribution in [2.24, 2.45) is 0 Å². The summed E-state index contributed by atoms with van der Waals surface area (Å²) in [5.41, 5.74) is 1.03. The number of nitrogens with zero attached hydrogens (tertiary/aromatic N) is 3. The van der Waals surface area contributed by atoms with Gasteiger partial charge >= 0.3 is 5.97 Å². The predicted octanol–water partition coefficient (Wildman–Crippen LogP) is 0.273. The second-order valence-corrected chi connectivity index (χ2v) is 2.93. The smallest absolute Gasteiger partial charge is 0.360 e. The van der Waals surface area contributed by atoms with Gasteiger partial charge in [0, 0.05) is 20.1 Å². The fourth-order valence-corrected chi connectivity index (χ4v) is 1.29. The van der Waals surface area contributed by atoms with E-state index < -0.39 is 5.97 Å². The fourth-order valence-electron chi connectivity index (χ4n) is 1.29. The number of hydrogen-bond acceptors (Lipinski definition) is 5. The first-order valence-electron chi connectivity index (χ1n) is 4.74. The number of aromatic nitrogens is 3. The van der Waals surface area contributed by atoms with Gasteiger partial charge in [-0.1, -0.05) is 5.21 Å². The molecule has 0 aliphatic carbocycles. The number of methoxy groups -OCH3 is 2. The Labute approximate surface area is 88.2 Å². The lowest BCUT2D eigenvalue weighted by atomic mass is 10.2. The van der Waals surface area contributed by atoms with Gasteiger partial charge in [-0.05, 0) is 6.92 Å². The molecule has 0 aliphatic rings. The van der Waals surface area contributed by atoms with E-state index in [2.05, 4.69) is 15.0 Å². The molecule has 1 aromatic heterocycles. The molecule has 0 fully saturated rings. The second-order valence-electron chi connectivity index (χ2n) is 2.93. The highest BCUT2D eigenvalue weighted by Crippen LogP contribution is 2.08. The monoisotopic (exact) mass is 213 g/mol. The number of ether oxygens (including phenoxy) is 2. The van der Waals surface area contributed by atoms with Crippen molar-refractivity contribution in [1.29, 1.82) is 0 Å². The highest BCUT2D eigenvalue weighted by Gasteiger charge is 2.18. The zero-order valence-electron chi connectivity index (χ0n) is 9.19. The molecular formula is C9H15N3O3. The molecule has 1 rings (SSSR count). The largest absolute Gasteiger partial charge is 0.464 e. The summed E-state index contributed by atoms with van der Waals surface area (Å²) < 4.78 is 11.3. The zero-order valence-corrected chi connectivity index (χ0v) is 9.19. The molecule has 0 amide bonds. The maximum Gasteiger partial charge on any atom is 0.360 e. The first kappa shape index (κ1) is 11.6. The van der Waals surface area contributed by atoms with Crippen molar-refractivity contribution >= 4 is 5.97 Å². The first-order chi connectivity index (χ1) is 7.24. The van der Waals surface area contributed by atoms with Gasteiger partial charge in [-0.3, -0.25) is 0 Å². The Balaban J connectivity index is 2.94. The second kappa shape index (κ2) is 5.45. The van der Waals surface area contributed by atoms with Crippen LogP contribution in [0.2, 0.25) is 0 Å². The van der Waals surface area contributed by atoms with Crippen LogP contribution in [0.15, 0.2) is 0 Å². The molecule has 0 saturated heterocycles. The van der Waals surface area contributed by atoms with Gasteiger partial charge in [0.2, 0.25) is 0 Å². The predicted molar refractivity (Wildman–Crippen MR) is 52.6 cm³/mol. The summed E-state index contributed by atoms with van der Waals surface area (Å²) in [4.78, 5) is 11.3. The molecule has 0 saturated carbocycles. The molecule has 6 heteroatoms. The molecule has 0 atom stereocenters. The summed E-state index contributed by atoms with van der Waals surface area (Å²) in [6, 6.07) is 0.